The van der Waals surface area contributed by atoms with Gasteiger partial charge in [0.05, 0.1) is 5.88 Å². The van der Waals surface area contributed by atoms with E-state index in [1.54, 1.807) is 22.8 Å². The van der Waals surface area contributed by atoms with Crippen LogP contribution in [-0.2, 0) is 6.54 Å². The Morgan fingerprint density at radius 1 is 0.742 bits per heavy atom. The van der Waals surface area contributed by atoms with E-state index in [9.17, 15) is 9.90 Å². The van der Waals surface area contributed by atoms with Gasteiger partial charge in [0, 0.05) is 11.6 Å². The Morgan fingerprint density at radius 3 is 1.97 bits per heavy atom. The summed E-state index contributed by atoms with van der Waals surface area (Å²) >= 11 is 0. The molecule has 2 heterocycles. The summed E-state index contributed by atoms with van der Waals surface area (Å²) in [6.45, 7) is 0.343. The van der Waals surface area contributed by atoms with E-state index in [1.165, 1.54) is 4.52 Å². The van der Waals surface area contributed by atoms with Crippen LogP contribution < -0.4 is 15.2 Å². The third kappa shape index (κ3) is 3.46. The minimum Gasteiger partial charge on any atom is -0.842 e. The summed E-state index contributed by atoms with van der Waals surface area (Å²) in [6.07, 6.45) is 0. The molecule has 0 saturated heterocycles. The van der Waals surface area contributed by atoms with Crippen molar-refractivity contribution >= 4 is 5.65 Å². The van der Waals surface area contributed by atoms with Gasteiger partial charge in [-0.2, -0.15) is 0 Å². The second-order valence-electron chi connectivity index (χ2n) is 7.28. The predicted molar refractivity (Wildman–Crippen MR) is 118 cm³/mol. The summed E-state index contributed by atoms with van der Waals surface area (Å²) in [5.74, 6) is -0.325. The Kier molecular flexibility index (Phi) is 4.77. The van der Waals surface area contributed by atoms with E-state index in [-0.39, 0.29) is 11.4 Å². The van der Waals surface area contributed by atoms with Crippen LogP contribution in [0.1, 0.15) is 5.56 Å². The van der Waals surface area contributed by atoms with Gasteiger partial charge in [-0.25, -0.2) is 9.36 Å². The first kappa shape index (κ1) is 18.8. The van der Waals surface area contributed by atoms with E-state index >= 15 is 0 Å². The Balaban J connectivity index is 1.80. The lowest BCUT2D eigenvalue weighted by Crippen LogP contribution is -2.45. The molecule has 5 rings (SSSR count). The number of fused-ring (bicyclic) bond motifs is 1. The lowest BCUT2D eigenvalue weighted by Gasteiger charge is -2.17. The van der Waals surface area contributed by atoms with Gasteiger partial charge in [0.25, 0.3) is 0 Å². The van der Waals surface area contributed by atoms with Crippen LogP contribution in [0.2, 0.25) is 0 Å². The quantitative estimate of drug-likeness (QED) is 0.431. The van der Waals surface area contributed by atoms with E-state index in [4.69, 9.17) is 0 Å². The zero-order chi connectivity index (χ0) is 21.2. The van der Waals surface area contributed by atoms with Crippen LogP contribution in [0.25, 0.3) is 28.0 Å². The first-order chi connectivity index (χ1) is 15.2. The summed E-state index contributed by atoms with van der Waals surface area (Å²) in [5, 5.41) is 18.1. The highest BCUT2D eigenvalue weighted by molar-refractivity contribution is 5.67. The normalized spacial score (nSPS) is 11.0. The van der Waals surface area contributed by atoms with Gasteiger partial charge in [-0.05, 0) is 17.2 Å². The molecule has 0 unspecified atom stereocenters. The number of rotatable bonds is 4. The van der Waals surface area contributed by atoms with Gasteiger partial charge in [-0.15, -0.1) is 0 Å². The molecule has 0 aliphatic rings. The van der Waals surface area contributed by atoms with Gasteiger partial charge < -0.3 is 5.11 Å². The highest BCUT2D eigenvalue weighted by Crippen LogP contribution is 2.22. The largest absolute Gasteiger partial charge is 0.842 e. The highest BCUT2D eigenvalue weighted by atomic mass is 16.3. The third-order valence-corrected chi connectivity index (χ3v) is 5.27. The monoisotopic (exact) mass is 405 g/mol. The van der Waals surface area contributed by atoms with Crippen LogP contribution in [0, 0.1) is 0 Å². The summed E-state index contributed by atoms with van der Waals surface area (Å²) < 4.78 is 2.95. The molecule has 0 aliphatic carbocycles. The van der Waals surface area contributed by atoms with Crippen molar-refractivity contribution in [1.29, 1.82) is 0 Å². The molecular formula is C26H19N3O2. The van der Waals surface area contributed by atoms with Crippen molar-refractivity contribution in [2.24, 2.45) is 0 Å². The number of hydrogen-bond donors (Lipinski definition) is 0. The molecule has 2 aromatic heterocycles. The van der Waals surface area contributed by atoms with Gasteiger partial charge in [0.15, 0.2) is 0 Å². The van der Waals surface area contributed by atoms with Crippen LogP contribution in [0.15, 0.2) is 108 Å². The molecule has 0 N–H and O–H groups in total. The fourth-order valence-corrected chi connectivity index (χ4v) is 3.74. The Morgan fingerprint density at radius 2 is 1.32 bits per heavy atom. The lowest BCUT2D eigenvalue weighted by atomic mass is 10.1. The van der Waals surface area contributed by atoms with Crippen molar-refractivity contribution in [2.75, 3.05) is 0 Å². The SMILES string of the molecule is O=c1c(-c2ccccc2)c([O-])[n+](Cc2ccccc2)c2ccc(-c3ccccc3)nn12. The fourth-order valence-electron chi connectivity index (χ4n) is 3.74. The standard InChI is InChI=1S/C26H19N3O2/c30-25-24(21-14-8-3-9-15-21)26(31)29-23(28(25)18-19-10-4-1-5-11-19)17-16-22(27-29)20-12-6-2-7-13-20/h1-17H,18H2. The molecule has 5 nitrogen and oxygen atoms in total. The number of nitrogens with zero attached hydrogens (tertiary/aromatic N) is 3. The molecule has 150 valence electrons. The van der Waals surface area contributed by atoms with Gasteiger partial charge >= 0.3 is 11.2 Å². The molecule has 0 fully saturated rings. The molecule has 5 aromatic rings. The molecule has 3 aromatic carbocycles. The van der Waals surface area contributed by atoms with Crippen LogP contribution in [0.5, 0.6) is 5.88 Å². The molecule has 0 bridgehead atoms. The molecular weight excluding hydrogens is 386 g/mol. The Labute approximate surface area is 179 Å². The molecule has 0 atom stereocenters. The molecule has 0 aliphatic heterocycles. The summed E-state index contributed by atoms with van der Waals surface area (Å²) in [4.78, 5) is 13.4. The van der Waals surface area contributed by atoms with Crippen molar-refractivity contribution in [1.82, 2.24) is 9.61 Å². The fraction of sp³-hybridized carbons (Fsp3) is 0.0385. The first-order valence-electron chi connectivity index (χ1n) is 10.0. The maximum atomic E-state index is 13.5. The van der Waals surface area contributed by atoms with Crippen LogP contribution in [0.3, 0.4) is 0 Å². The smallest absolute Gasteiger partial charge is 0.370 e. The summed E-state index contributed by atoms with van der Waals surface area (Å²) in [7, 11) is 0. The van der Waals surface area contributed by atoms with E-state index in [1.807, 2.05) is 84.9 Å². The first-order valence-corrected chi connectivity index (χ1v) is 10.0. The minimum atomic E-state index is -0.423. The van der Waals surface area contributed by atoms with Gasteiger partial charge in [0.1, 0.15) is 17.8 Å². The number of benzene rings is 3. The summed E-state index contributed by atoms with van der Waals surface area (Å²) in [6, 6.07) is 32.1. The Hall–Kier alpha value is -4.25. The van der Waals surface area contributed by atoms with Crippen LogP contribution in [-0.4, -0.2) is 9.61 Å². The van der Waals surface area contributed by atoms with Crippen LogP contribution >= 0.6 is 0 Å². The lowest BCUT2D eigenvalue weighted by molar-refractivity contribution is -0.708. The second-order valence-corrected chi connectivity index (χ2v) is 7.28. The van der Waals surface area contributed by atoms with Crippen molar-refractivity contribution < 1.29 is 9.67 Å². The highest BCUT2D eigenvalue weighted by Gasteiger charge is 2.22. The zero-order valence-corrected chi connectivity index (χ0v) is 16.7. The van der Waals surface area contributed by atoms with E-state index in [2.05, 4.69) is 5.10 Å². The maximum Gasteiger partial charge on any atom is 0.370 e. The molecule has 0 spiro atoms. The average molecular weight is 405 g/mol. The zero-order valence-electron chi connectivity index (χ0n) is 16.7. The van der Waals surface area contributed by atoms with Gasteiger partial charge in [-0.1, -0.05) is 101 Å². The van der Waals surface area contributed by atoms with Gasteiger partial charge in [0.2, 0.25) is 0 Å². The predicted octanol–water partition coefficient (Wildman–Crippen LogP) is 3.44. The average Bonchev–Trinajstić information content (AvgIpc) is 2.83. The maximum absolute atomic E-state index is 13.5. The van der Waals surface area contributed by atoms with Crippen molar-refractivity contribution in [3.63, 3.8) is 0 Å². The third-order valence-electron chi connectivity index (χ3n) is 5.27. The molecule has 31 heavy (non-hydrogen) atoms. The topological polar surface area (TPSA) is 61.3 Å². The Bertz CT molecular complexity index is 1410. The second kappa shape index (κ2) is 7.88. The van der Waals surface area contributed by atoms with E-state index in [0.717, 1.165) is 11.1 Å². The minimum absolute atomic E-state index is 0.117. The molecule has 0 amide bonds. The van der Waals surface area contributed by atoms with Crippen molar-refractivity contribution in [2.45, 2.75) is 6.54 Å². The molecule has 5 heteroatoms. The van der Waals surface area contributed by atoms with Gasteiger partial charge in [-0.3, -0.25) is 0 Å². The van der Waals surface area contributed by atoms with E-state index in [0.29, 0.717) is 23.4 Å². The van der Waals surface area contributed by atoms with Crippen LogP contribution in [0.4, 0.5) is 0 Å². The number of aromatic nitrogens is 3. The number of hydrogen-bond acceptors (Lipinski definition) is 3. The van der Waals surface area contributed by atoms with Crippen molar-refractivity contribution in [3.8, 4) is 28.3 Å². The van der Waals surface area contributed by atoms with Crippen molar-refractivity contribution in [3.05, 3.63) is 119 Å². The molecule has 0 radical (unpaired) electrons. The molecule has 0 saturated carbocycles. The summed E-state index contributed by atoms with van der Waals surface area (Å²) in [5.41, 5.74) is 3.27. The van der Waals surface area contributed by atoms with E-state index < -0.39 is 5.56 Å².